The topological polar surface area (TPSA) is 20.2 Å². The van der Waals surface area contributed by atoms with Crippen molar-refractivity contribution in [2.45, 2.75) is 18.8 Å². The molecule has 1 aliphatic heterocycles. The second-order valence-electron chi connectivity index (χ2n) is 6.75. The lowest BCUT2D eigenvalue weighted by Crippen LogP contribution is -2.44. The summed E-state index contributed by atoms with van der Waals surface area (Å²) in [6, 6.07) is 14.6. The summed E-state index contributed by atoms with van der Waals surface area (Å²) in [5, 5.41) is 3.13. The molecule has 150 valence electrons. The molecule has 0 saturated heterocycles. The highest BCUT2D eigenvalue weighted by molar-refractivity contribution is 7.80. The van der Waals surface area contributed by atoms with Gasteiger partial charge in [0.2, 0.25) is 0 Å². The van der Waals surface area contributed by atoms with Gasteiger partial charge in [-0.2, -0.15) is 13.2 Å². The molecule has 0 radical (unpaired) electrons. The normalized spacial score (nSPS) is 16.4. The monoisotopic (exact) mass is 419 g/mol. The van der Waals surface area contributed by atoms with E-state index in [1.807, 2.05) is 27.8 Å². The molecular formula is C21H17F4N3S. The van der Waals surface area contributed by atoms with Crippen molar-refractivity contribution in [3.63, 3.8) is 0 Å². The maximum absolute atomic E-state index is 14.6. The minimum absolute atomic E-state index is 0.234. The van der Waals surface area contributed by atoms with E-state index in [1.54, 1.807) is 18.2 Å². The minimum atomic E-state index is -4.44. The van der Waals surface area contributed by atoms with Crippen molar-refractivity contribution in [1.82, 2.24) is 9.47 Å². The summed E-state index contributed by atoms with van der Waals surface area (Å²) in [4.78, 5) is 1.81. The highest BCUT2D eigenvalue weighted by Gasteiger charge is 2.33. The highest BCUT2D eigenvalue weighted by atomic mass is 32.1. The zero-order chi connectivity index (χ0) is 20.6. The lowest BCUT2D eigenvalue weighted by molar-refractivity contribution is -0.137. The molecule has 0 spiro atoms. The quantitative estimate of drug-likeness (QED) is 0.441. The maximum Gasteiger partial charge on any atom is 0.416 e. The van der Waals surface area contributed by atoms with E-state index in [0.29, 0.717) is 18.7 Å². The molecular weight excluding hydrogens is 402 g/mol. The van der Waals surface area contributed by atoms with Crippen LogP contribution in [0.5, 0.6) is 0 Å². The number of alkyl halides is 3. The van der Waals surface area contributed by atoms with E-state index >= 15 is 0 Å². The first-order chi connectivity index (χ1) is 13.8. The number of benzene rings is 2. The van der Waals surface area contributed by atoms with Gasteiger partial charge in [0.15, 0.2) is 5.11 Å². The zero-order valence-electron chi connectivity index (χ0n) is 15.2. The summed E-state index contributed by atoms with van der Waals surface area (Å²) >= 11 is 5.52. The van der Waals surface area contributed by atoms with Crippen LogP contribution in [0.2, 0.25) is 0 Å². The Balaban J connectivity index is 1.66. The van der Waals surface area contributed by atoms with Crippen LogP contribution >= 0.6 is 12.2 Å². The Hall–Kier alpha value is -2.87. The Labute approximate surface area is 170 Å². The van der Waals surface area contributed by atoms with Crippen molar-refractivity contribution in [2.75, 3.05) is 11.9 Å². The fraction of sp³-hybridized carbons (Fsp3) is 0.190. The van der Waals surface area contributed by atoms with E-state index in [9.17, 15) is 17.6 Å². The molecule has 0 aliphatic carbocycles. The third-order valence-corrected chi connectivity index (χ3v) is 5.28. The molecule has 2 aromatic carbocycles. The Morgan fingerprint density at radius 3 is 2.55 bits per heavy atom. The molecule has 0 saturated carbocycles. The van der Waals surface area contributed by atoms with E-state index in [2.05, 4.69) is 5.32 Å². The van der Waals surface area contributed by atoms with Crippen molar-refractivity contribution in [3.05, 3.63) is 89.5 Å². The van der Waals surface area contributed by atoms with Crippen LogP contribution in [0.1, 0.15) is 22.9 Å². The molecule has 0 fully saturated rings. The van der Waals surface area contributed by atoms with E-state index < -0.39 is 17.8 Å². The van der Waals surface area contributed by atoms with Crippen LogP contribution in [-0.2, 0) is 12.7 Å². The number of nitrogens with one attached hydrogen (secondary N) is 1. The van der Waals surface area contributed by atoms with E-state index in [-0.39, 0.29) is 16.6 Å². The van der Waals surface area contributed by atoms with Gasteiger partial charge >= 0.3 is 6.18 Å². The van der Waals surface area contributed by atoms with Crippen molar-refractivity contribution >= 4 is 23.0 Å². The predicted molar refractivity (Wildman–Crippen MR) is 107 cm³/mol. The summed E-state index contributed by atoms with van der Waals surface area (Å²) in [6.07, 6.45) is -2.52. The molecule has 0 bridgehead atoms. The highest BCUT2D eigenvalue weighted by Crippen LogP contribution is 2.35. The van der Waals surface area contributed by atoms with Gasteiger partial charge in [-0.25, -0.2) is 4.39 Å². The third-order valence-electron chi connectivity index (χ3n) is 4.94. The standard InChI is InChI=1S/C21H17F4N3S/c22-17-8-2-1-7-16(17)19-18-9-4-10-27(18)11-12-28(19)20(29)26-15-6-3-5-14(13-15)21(23,24)25/h1-10,13,19H,11-12H2,(H,26,29)/t19-/m0/s1. The number of halogens is 4. The second-order valence-corrected chi connectivity index (χ2v) is 7.14. The second kappa shape index (κ2) is 7.51. The van der Waals surface area contributed by atoms with Gasteiger partial charge in [-0.15, -0.1) is 0 Å². The molecule has 0 amide bonds. The largest absolute Gasteiger partial charge is 0.416 e. The van der Waals surface area contributed by atoms with Gasteiger partial charge in [0.05, 0.1) is 11.6 Å². The van der Waals surface area contributed by atoms with Crippen LogP contribution < -0.4 is 5.32 Å². The van der Waals surface area contributed by atoms with Gasteiger partial charge < -0.3 is 14.8 Å². The SMILES string of the molecule is Fc1ccccc1[C@H]1c2cccn2CCN1C(=S)Nc1cccc(C(F)(F)F)c1. The Morgan fingerprint density at radius 1 is 1.00 bits per heavy atom. The number of hydrogen-bond acceptors (Lipinski definition) is 1. The van der Waals surface area contributed by atoms with Gasteiger partial charge in [0.25, 0.3) is 0 Å². The van der Waals surface area contributed by atoms with Gasteiger partial charge in [0.1, 0.15) is 5.82 Å². The fourth-order valence-corrected chi connectivity index (χ4v) is 3.91. The summed E-state index contributed by atoms with van der Waals surface area (Å²) < 4.78 is 55.6. The van der Waals surface area contributed by atoms with Gasteiger partial charge in [-0.1, -0.05) is 24.3 Å². The number of rotatable bonds is 2. The summed E-state index contributed by atoms with van der Waals surface area (Å²) in [5.74, 6) is -0.362. The van der Waals surface area contributed by atoms with Gasteiger partial charge in [-0.05, 0) is 48.6 Å². The number of hydrogen-bond donors (Lipinski definition) is 1. The molecule has 1 aromatic heterocycles. The van der Waals surface area contributed by atoms with E-state index in [1.165, 1.54) is 18.2 Å². The number of nitrogens with zero attached hydrogens (tertiary/aromatic N) is 2. The summed E-state index contributed by atoms with van der Waals surface area (Å²) in [6.45, 7) is 1.13. The number of thiocarbonyl (C=S) groups is 1. The predicted octanol–water partition coefficient (Wildman–Crippen LogP) is 5.45. The summed E-state index contributed by atoms with van der Waals surface area (Å²) in [5.41, 5.74) is 0.802. The van der Waals surface area contributed by atoms with Crippen LogP contribution in [0, 0.1) is 5.82 Å². The Kier molecular flexibility index (Phi) is 5.04. The summed E-state index contributed by atoms with van der Waals surface area (Å²) in [7, 11) is 0. The third kappa shape index (κ3) is 3.85. The average molecular weight is 419 g/mol. The van der Waals surface area contributed by atoms with Crippen molar-refractivity contribution in [2.24, 2.45) is 0 Å². The molecule has 29 heavy (non-hydrogen) atoms. The molecule has 3 nitrogen and oxygen atoms in total. The lowest BCUT2D eigenvalue weighted by Gasteiger charge is -2.39. The number of aromatic nitrogens is 1. The fourth-order valence-electron chi connectivity index (χ4n) is 3.59. The van der Waals surface area contributed by atoms with Crippen LogP contribution in [-0.4, -0.2) is 21.1 Å². The van der Waals surface area contributed by atoms with E-state index in [0.717, 1.165) is 17.8 Å². The molecule has 0 unspecified atom stereocenters. The molecule has 1 atom stereocenters. The van der Waals surface area contributed by atoms with Crippen LogP contribution in [0.3, 0.4) is 0 Å². The molecule has 3 aromatic rings. The molecule has 1 N–H and O–H groups in total. The molecule has 1 aliphatic rings. The van der Waals surface area contributed by atoms with Crippen molar-refractivity contribution in [1.29, 1.82) is 0 Å². The maximum atomic E-state index is 14.6. The molecule has 4 rings (SSSR count). The lowest BCUT2D eigenvalue weighted by atomic mass is 10.00. The van der Waals surface area contributed by atoms with Crippen molar-refractivity contribution in [3.8, 4) is 0 Å². The van der Waals surface area contributed by atoms with Gasteiger partial charge in [-0.3, -0.25) is 0 Å². The molecule has 2 heterocycles. The van der Waals surface area contributed by atoms with Crippen LogP contribution in [0.4, 0.5) is 23.2 Å². The van der Waals surface area contributed by atoms with Crippen LogP contribution in [0.15, 0.2) is 66.9 Å². The van der Waals surface area contributed by atoms with E-state index in [4.69, 9.17) is 12.2 Å². The molecule has 8 heteroatoms. The van der Waals surface area contributed by atoms with Crippen molar-refractivity contribution < 1.29 is 17.6 Å². The Bertz CT molecular complexity index is 1040. The zero-order valence-corrected chi connectivity index (χ0v) is 16.0. The Morgan fingerprint density at radius 2 is 1.79 bits per heavy atom. The smallest absolute Gasteiger partial charge is 0.348 e. The first kappa shape index (κ1) is 19.4. The van der Waals surface area contributed by atoms with Crippen LogP contribution in [0.25, 0.3) is 0 Å². The first-order valence-electron chi connectivity index (χ1n) is 8.99. The number of fused-ring (bicyclic) bond motifs is 1. The first-order valence-corrected chi connectivity index (χ1v) is 9.40. The van der Waals surface area contributed by atoms with Gasteiger partial charge in [0, 0.05) is 36.2 Å². The minimum Gasteiger partial charge on any atom is -0.348 e. The average Bonchev–Trinajstić information content (AvgIpc) is 3.16. The number of anilines is 1.